The maximum absolute atomic E-state index is 12.0. The van der Waals surface area contributed by atoms with Gasteiger partial charge in [0.2, 0.25) is 5.91 Å². The molecule has 1 fully saturated rings. The number of halogens is 1. The molecular formula is C14H20ClN3O2. The highest BCUT2D eigenvalue weighted by Crippen LogP contribution is 2.22. The minimum atomic E-state index is -0.0603. The summed E-state index contributed by atoms with van der Waals surface area (Å²) in [6, 6.07) is 5.05. The molecule has 5 nitrogen and oxygen atoms in total. The van der Waals surface area contributed by atoms with Crippen molar-refractivity contribution in [2.24, 2.45) is 0 Å². The third-order valence-electron chi connectivity index (χ3n) is 3.52. The monoisotopic (exact) mass is 297 g/mol. The van der Waals surface area contributed by atoms with E-state index < -0.39 is 0 Å². The first kappa shape index (κ1) is 15.1. The van der Waals surface area contributed by atoms with Gasteiger partial charge in [0.1, 0.15) is 0 Å². The quantitative estimate of drug-likeness (QED) is 0.834. The number of methoxy groups -OCH3 is 1. The number of nitrogen functional groups attached to an aromatic ring is 1. The summed E-state index contributed by atoms with van der Waals surface area (Å²) >= 11 is 5.82. The van der Waals surface area contributed by atoms with E-state index in [2.05, 4.69) is 10.2 Å². The Hall–Kier alpha value is -1.30. The number of likely N-dealkylation sites (tertiary alicyclic amines) is 1. The van der Waals surface area contributed by atoms with E-state index in [4.69, 9.17) is 22.1 Å². The zero-order valence-corrected chi connectivity index (χ0v) is 12.3. The molecule has 0 unspecified atom stereocenters. The third-order valence-corrected chi connectivity index (χ3v) is 3.76. The van der Waals surface area contributed by atoms with Crippen LogP contribution in [0.5, 0.6) is 0 Å². The van der Waals surface area contributed by atoms with Crippen LogP contribution in [0.1, 0.15) is 12.8 Å². The molecule has 3 N–H and O–H groups in total. The Morgan fingerprint density at radius 1 is 1.50 bits per heavy atom. The smallest absolute Gasteiger partial charge is 0.238 e. The topological polar surface area (TPSA) is 67.6 Å². The summed E-state index contributed by atoms with van der Waals surface area (Å²) in [6.07, 6.45) is 2.25. The van der Waals surface area contributed by atoms with Crippen LogP contribution in [0.2, 0.25) is 5.02 Å². The first-order valence-corrected chi connectivity index (χ1v) is 7.06. The van der Waals surface area contributed by atoms with E-state index in [0.29, 0.717) is 29.0 Å². The van der Waals surface area contributed by atoms with Gasteiger partial charge in [-0.1, -0.05) is 11.6 Å². The number of amides is 1. The first-order chi connectivity index (χ1) is 9.58. The SMILES string of the molecule is COC1CCN(CC(=O)Nc2ccc(Cl)cc2N)CC1. The number of anilines is 2. The van der Waals surface area contributed by atoms with E-state index in [9.17, 15) is 4.79 Å². The summed E-state index contributed by atoms with van der Waals surface area (Å²) in [5, 5.41) is 3.37. The molecule has 20 heavy (non-hydrogen) atoms. The lowest BCUT2D eigenvalue weighted by atomic mass is 10.1. The van der Waals surface area contributed by atoms with E-state index >= 15 is 0 Å². The molecule has 6 heteroatoms. The average Bonchev–Trinajstić information content (AvgIpc) is 2.43. The van der Waals surface area contributed by atoms with E-state index in [1.54, 1.807) is 25.3 Å². The zero-order valence-electron chi connectivity index (χ0n) is 11.6. The lowest BCUT2D eigenvalue weighted by molar-refractivity contribution is -0.117. The molecule has 1 saturated heterocycles. The maximum Gasteiger partial charge on any atom is 0.238 e. The van der Waals surface area contributed by atoms with Crippen molar-refractivity contribution < 1.29 is 9.53 Å². The average molecular weight is 298 g/mol. The lowest BCUT2D eigenvalue weighted by Crippen LogP contribution is -2.41. The van der Waals surface area contributed by atoms with Crippen LogP contribution < -0.4 is 11.1 Å². The highest BCUT2D eigenvalue weighted by atomic mass is 35.5. The maximum atomic E-state index is 12.0. The van der Waals surface area contributed by atoms with Crippen molar-refractivity contribution in [3.8, 4) is 0 Å². The predicted octanol–water partition coefficient (Wildman–Crippen LogP) is 1.97. The molecule has 1 aromatic rings. The number of carbonyl (C=O) groups is 1. The van der Waals surface area contributed by atoms with Crippen LogP contribution in [0.15, 0.2) is 18.2 Å². The number of nitrogens with two attached hydrogens (primary N) is 1. The Labute approximate surface area is 124 Å². The van der Waals surface area contributed by atoms with E-state index in [1.807, 2.05) is 0 Å². The number of nitrogens with one attached hydrogen (secondary N) is 1. The van der Waals surface area contributed by atoms with Crippen molar-refractivity contribution in [3.63, 3.8) is 0 Å². The van der Waals surface area contributed by atoms with Gasteiger partial charge >= 0.3 is 0 Å². The van der Waals surface area contributed by atoms with Crippen LogP contribution >= 0.6 is 11.6 Å². The number of hydrogen-bond donors (Lipinski definition) is 2. The van der Waals surface area contributed by atoms with Gasteiger partial charge in [-0.2, -0.15) is 0 Å². The van der Waals surface area contributed by atoms with Crippen molar-refractivity contribution in [2.75, 3.05) is 37.8 Å². The summed E-state index contributed by atoms with van der Waals surface area (Å²) in [4.78, 5) is 14.1. The molecule has 0 aromatic heterocycles. The standard InChI is InChI=1S/C14H20ClN3O2/c1-20-11-4-6-18(7-5-11)9-14(19)17-13-3-2-10(15)8-12(13)16/h2-3,8,11H,4-7,9,16H2,1H3,(H,17,19). The van der Waals surface area contributed by atoms with Gasteiger partial charge in [0, 0.05) is 25.2 Å². The fourth-order valence-corrected chi connectivity index (χ4v) is 2.52. The molecule has 0 aliphatic carbocycles. The Morgan fingerprint density at radius 3 is 2.80 bits per heavy atom. The largest absolute Gasteiger partial charge is 0.397 e. The molecule has 1 heterocycles. The van der Waals surface area contributed by atoms with Crippen molar-refractivity contribution in [1.29, 1.82) is 0 Å². The molecule has 1 amide bonds. The summed E-state index contributed by atoms with van der Waals surface area (Å²) in [7, 11) is 1.73. The lowest BCUT2D eigenvalue weighted by Gasteiger charge is -2.30. The van der Waals surface area contributed by atoms with Crippen LogP contribution in [0.25, 0.3) is 0 Å². The van der Waals surface area contributed by atoms with Crippen molar-refractivity contribution >= 4 is 28.9 Å². The molecule has 110 valence electrons. The summed E-state index contributed by atoms with van der Waals surface area (Å²) in [5.41, 5.74) is 6.89. The number of nitrogens with zero attached hydrogens (tertiary/aromatic N) is 1. The van der Waals surface area contributed by atoms with Gasteiger partial charge in [0.05, 0.1) is 24.0 Å². The van der Waals surface area contributed by atoms with E-state index in [1.165, 1.54) is 0 Å². The number of ether oxygens (including phenoxy) is 1. The van der Waals surface area contributed by atoms with Crippen LogP contribution in [0.4, 0.5) is 11.4 Å². The van der Waals surface area contributed by atoms with Crippen LogP contribution in [0.3, 0.4) is 0 Å². The second kappa shape index (κ2) is 6.92. The molecule has 1 aliphatic heterocycles. The van der Waals surface area contributed by atoms with Crippen molar-refractivity contribution in [1.82, 2.24) is 4.90 Å². The van der Waals surface area contributed by atoms with Gasteiger partial charge in [0.25, 0.3) is 0 Å². The van der Waals surface area contributed by atoms with E-state index in [-0.39, 0.29) is 5.91 Å². The summed E-state index contributed by atoms with van der Waals surface area (Å²) < 4.78 is 5.31. The molecule has 0 atom stereocenters. The first-order valence-electron chi connectivity index (χ1n) is 6.68. The number of hydrogen-bond acceptors (Lipinski definition) is 4. The number of benzene rings is 1. The fourth-order valence-electron chi connectivity index (χ4n) is 2.34. The summed E-state index contributed by atoms with van der Waals surface area (Å²) in [5.74, 6) is -0.0603. The predicted molar refractivity (Wildman–Crippen MR) is 81.0 cm³/mol. The van der Waals surface area contributed by atoms with Gasteiger partial charge in [-0.3, -0.25) is 9.69 Å². The number of rotatable bonds is 4. The van der Waals surface area contributed by atoms with Gasteiger partial charge in [-0.15, -0.1) is 0 Å². The Bertz CT molecular complexity index is 473. The Morgan fingerprint density at radius 2 is 2.20 bits per heavy atom. The summed E-state index contributed by atoms with van der Waals surface area (Å²) in [6.45, 7) is 2.13. The second-order valence-corrected chi connectivity index (χ2v) is 5.43. The molecule has 0 radical (unpaired) electrons. The molecule has 0 saturated carbocycles. The normalized spacial score (nSPS) is 17.1. The number of piperidine rings is 1. The minimum absolute atomic E-state index is 0.0603. The fraction of sp³-hybridized carbons (Fsp3) is 0.500. The minimum Gasteiger partial charge on any atom is -0.397 e. The highest BCUT2D eigenvalue weighted by Gasteiger charge is 2.20. The number of carbonyl (C=O) groups excluding carboxylic acids is 1. The highest BCUT2D eigenvalue weighted by molar-refractivity contribution is 6.31. The Balaban J connectivity index is 1.84. The van der Waals surface area contributed by atoms with E-state index in [0.717, 1.165) is 25.9 Å². The van der Waals surface area contributed by atoms with Crippen LogP contribution in [-0.2, 0) is 9.53 Å². The third kappa shape index (κ3) is 4.10. The Kier molecular flexibility index (Phi) is 5.23. The molecule has 0 bridgehead atoms. The van der Waals surface area contributed by atoms with Crippen molar-refractivity contribution in [3.05, 3.63) is 23.2 Å². The molecular weight excluding hydrogens is 278 g/mol. The molecule has 2 rings (SSSR count). The van der Waals surface area contributed by atoms with Gasteiger partial charge < -0.3 is 15.8 Å². The van der Waals surface area contributed by atoms with Gasteiger partial charge in [0.15, 0.2) is 0 Å². The molecule has 1 aromatic carbocycles. The van der Waals surface area contributed by atoms with Crippen LogP contribution in [0, 0.1) is 0 Å². The molecule has 0 spiro atoms. The van der Waals surface area contributed by atoms with Crippen LogP contribution in [-0.4, -0.2) is 43.7 Å². The second-order valence-electron chi connectivity index (χ2n) is 4.99. The van der Waals surface area contributed by atoms with Crippen molar-refractivity contribution in [2.45, 2.75) is 18.9 Å². The van der Waals surface area contributed by atoms with Gasteiger partial charge in [-0.25, -0.2) is 0 Å². The zero-order chi connectivity index (χ0) is 14.5. The van der Waals surface area contributed by atoms with Gasteiger partial charge in [-0.05, 0) is 31.0 Å². The molecule has 1 aliphatic rings.